The van der Waals surface area contributed by atoms with E-state index in [4.69, 9.17) is 4.74 Å². The van der Waals surface area contributed by atoms with Gasteiger partial charge in [0.05, 0.1) is 23.6 Å². The topological polar surface area (TPSA) is 66.1 Å². The quantitative estimate of drug-likeness (QED) is 0.835. The van der Waals surface area contributed by atoms with Crippen LogP contribution in [0.3, 0.4) is 0 Å². The Kier molecular flexibility index (Phi) is 5.27. The molecule has 6 nitrogen and oxygen atoms in total. The first-order chi connectivity index (χ1) is 11.4. The summed E-state index contributed by atoms with van der Waals surface area (Å²) in [6.07, 6.45) is 5.87. The number of hydrogen-bond donors (Lipinski definition) is 2. The number of H-pyrrole nitrogens is 1. The number of aromatic nitrogens is 3. The number of nitrogens with zero attached hydrogens (tertiary/aromatic N) is 3. The van der Waals surface area contributed by atoms with E-state index in [1.54, 1.807) is 0 Å². The third-order valence-electron chi connectivity index (χ3n) is 5.69. The molecule has 1 aromatic heterocycles. The molecule has 0 bridgehead atoms. The molecule has 1 aromatic rings. The summed E-state index contributed by atoms with van der Waals surface area (Å²) >= 11 is 0. The van der Waals surface area contributed by atoms with E-state index in [1.807, 2.05) is 7.05 Å². The molecule has 1 saturated carbocycles. The van der Waals surface area contributed by atoms with Crippen LogP contribution in [0, 0.1) is 5.41 Å². The van der Waals surface area contributed by atoms with Crippen LogP contribution < -0.4 is 5.32 Å². The lowest BCUT2D eigenvalue weighted by Gasteiger charge is -2.37. The first-order valence-corrected chi connectivity index (χ1v) is 9.30. The zero-order chi connectivity index (χ0) is 17.2. The highest BCUT2D eigenvalue weighted by atomic mass is 16.5. The Bertz CT molecular complexity index is 533. The van der Waals surface area contributed by atoms with Gasteiger partial charge in [-0.25, -0.2) is 0 Å². The fourth-order valence-corrected chi connectivity index (χ4v) is 4.42. The molecule has 2 heterocycles. The fourth-order valence-electron chi connectivity index (χ4n) is 4.42. The Labute approximate surface area is 145 Å². The van der Waals surface area contributed by atoms with E-state index in [9.17, 15) is 0 Å². The molecule has 2 N–H and O–H groups in total. The van der Waals surface area contributed by atoms with E-state index >= 15 is 0 Å². The van der Waals surface area contributed by atoms with Crippen LogP contribution in [0.15, 0.2) is 0 Å². The largest absolute Gasteiger partial charge is 0.374 e. The number of hydrogen-bond acceptors (Lipinski definition) is 5. The van der Waals surface area contributed by atoms with Crippen molar-refractivity contribution in [3.8, 4) is 0 Å². The predicted octanol–water partition coefficient (Wildman–Crippen LogP) is 2.30. The second-order valence-corrected chi connectivity index (χ2v) is 8.60. The van der Waals surface area contributed by atoms with Gasteiger partial charge in [-0.2, -0.15) is 0 Å². The maximum absolute atomic E-state index is 6.24. The molecule has 3 rings (SSSR count). The van der Waals surface area contributed by atoms with Gasteiger partial charge in [0.15, 0.2) is 0 Å². The Balaban J connectivity index is 1.58. The van der Waals surface area contributed by atoms with E-state index in [0.717, 1.165) is 44.8 Å². The van der Waals surface area contributed by atoms with Gasteiger partial charge < -0.3 is 10.1 Å². The molecule has 1 aliphatic heterocycles. The minimum absolute atomic E-state index is 0.136. The predicted molar refractivity (Wildman–Crippen MR) is 94.9 cm³/mol. The molecule has 6 heteroatoms. The second-order valence-electron chi connectivity index (χ2n) is 8.60. The summed E-state index contributed by atoms with van der Waals surface area (Å²) in [5, 5.41) is 14.8. The SMILES string of the molecule is CNCCN(C)Cc1nn[nH]c1[C@H]1CC[C@@]2(CC1)CC(C)(C)CO2. The van der Waals surface area contributed by atoms with Gasteiger partial charge in [0.1, 0.15) is 0 Å². The first-order valence-electron chi connectivity index (χ1n) is 9.30. The summed E-state index contributed by atoms with van der Waals surface area (Å²) in [7, 11) is 4.12. The molecule has 1 spiro atoms. The average molecular weight is 335 g/mol. The van der Waals surface area contributed by atoms with Crippen LogP contribution in [0.5, 0.6) is 0 Å². The third kappa shape index (κ3) is 3.98. The van der Waals surface area contributed by atoms with Crippen molar-refractivity contribution in [3.05, 3.63) is 11.4 Å². The molecule has 0 radical (unpaired) electrons. The normalized spacial score (nSPS) is 29.6. The summed E-state index contributed by atoms with van der Waals surface area (Å²) in [4.78, 5) is 2.30. The molecule has 0 aromatic carbocycles. The van der Waals surface area contributed by atoms with Crippen molar-refractivity contribution in [2.75, 3.05) is 33.8 Å². The molecular formula is C18H33N5O. The summed E-state index contributed by atoms with van der Waals surface area (Å²) in [6.45, 7) is 8.42. The number of nitrogens with one attached hydrogen (secondary N) is 2. The van der Waals surface area contributed by atoms with E-state index in [-0.39, 0.29) is 5.60 Å². The smallest absolute Gasteiger partial charge is 0.0999 e. The number of ether oxygens (including phenoxy) is 1. The summed E-state index contributed by atoms with van der Waals surface area (Å²) < 4.78 is 6.24. The number of aromatic amines is 1. The van der Waals surface area contributed by atoms with E-state index in [0.29, 0.717) is 11.3 Å². The lowest BCUT2D eigenvalue weighted by atomic mass is 9.72. The number of rotatable bonds is 6. The van der Waals surface area contributed by atoms with Crippen molar-refractivity contribution < 1.29 is 4.74 Å². The molecular weight excluding hydrogens is 302 g/mol. The van der Waals surface area contributed by atoms with Gasteiger partial charge in [0.2, 0.25) is 0 Å². The molecule has 0 atom stereocenters. The zero-order valence-electron chi connectivity index (χ0n) is 15.7. The van der Waals surface area contributed by atoms with Gasteiger partial charge in [0, 0.05) is 25.6 Å². The highest BCUT2D eigenvalue weighted by Gasteiger charge is 2.46. The molecule has 0 amide bonds. The fraction of sp³-hybridized carbons (Fsp3) is 0.889. The number of likely N-dealkylation sites (N-methyl/N-ethyl adjacent to an activating group) is 2. The first kappa shape index (κ1) is 17.8. The minimum Gasteiger partial charge on any atom is -0.374 e. The molecule has 24 heavy (non-hydrogen) atoms. The summed E-state index contributed by atoms with van der Waals surface area (Å²) in [6, 6.07) is 0. The lowest BCUT2D eigenvalue weighted by Crippen LogP contribution is -2.34. The van der Waals surface area contributed by atoms with Crippen LogP contribution in [0.1, 0.15) is 63.3 Å². The van der Waals surface area contributed by atoms with Crippen molar-refractivity contribution in [2.45, 2.75) is 64.0 Å². The van der Waals surface area contributed by atoms with Crippen LogP contribution in [-0.2, 0) is 11.3 Å². The molecule has 136 valence electrons. The highest BCUT2D eigenvalue weighted by Crippen LogP contribution is 2.49. The van der Waals surface area contributed by atoms with Crippen LogP contribution >= 0.6 is 0 Å². The van der Waals surface area contributed by atoms with Gasteiger partial charge in [-0.05, 0) is 51.6 Å². The minimum atomic E-state index is 0.136. The summed E-state index contributed by atoms with van der Waals surface area (Å²) in [5.74, 6) is 0.547. The maximum atomic E-state index is 6.24. The van der Waals surface area contributed by atoms with Gasteiger partial charge in [-0.15, -0.1) is 5.10 Å². The zero-order valence-corrected chi connectivity index (χ0v) is 15.7. The van der Waals surface area contributed by atoms with Gasteiger partial charge in [-0.3, -0.25) is 10.00 Å². The van der Waals surface area contributed by atoms with Crippen molar-refractivity contribution in [1.29, 1.82) is 0 Å². The van der Waals surface area contributed by atoms with Gasteiger partial charge in [0.25, 0.3) is 0 Å². The second kappa shape index (κ2) is 7.10. The molecule has 1 saturated heterocycles. The molecule has 1 aliphatic carbocycles. The van der Waals surface area contributed by atoms with Gasteiger partial charge >= 0.3 is 0 Å². The Morgan fingerprint density at radius 2 is 2.08 bits per heavy atom. The van der Waals surface area contributed by atoms with Crippen LogP contribution in [0.25, 0.3) is 0 Å². The third-order valence-corrected chi connectivity index (χ3v) is 5.69. The van der Waals surface area contributed by atoms with Crippen LogP contribution in [0.2, 0.25) is 0 Å². The van der Waals surface area contributed by atoms with Crippen molar-refractivity contribution in [1.82, 2.24) is 25.6 Å². The maximum Gasteiger partial charge on any atom is 0.0999 e. The lowest BCUT2D eigenvalue weighted by molar-refractivity contribution is -0.0296. The van der Waals surface area contributed by atoms with E-state index in [2.05, 4.69) is 46.5 Å². The summed E-state index contributed by atoms with van der Waals surface area (Å²) in [5.41, 5.74) is 2.83. The van der Waals surface area contributed by atoms with Gasteiger partial charge in [-0.1, -0.05) is 19.1 Å². The Morgan fingerprint density at radius 1 is 1.33 bits per heavy atom. The van der Waals surface area contributed by atoms with Crippen molar-refractivity contribution in [2.24, 2.45) is 5.41 Å². The van der Waals surface area contributed by atoms with Crippen LogP contribution in [-0.4, -0.2) is 59.7 Å². The van der Waals surface area contributed by atoms with Crippen molar-refractivity contribution >= 4 is 0 Å². The van der Waals surface area contributed by atoms with Crippen molar-refractivity contribution in [3.63, 3.8) is 0 Å². The molecule has 2 fully saturated rings. The monoisotopic (exact) mass is 335 g/mol. The average Bonchev–Trinajstić information content (AvgIpc) is 3.11. The molecule has 0 unspecified atom stereocenters. The molecule has 2 aliphatic rings. The van der Waals surface area contributed by atoms with E-state index in [1.165, 1.54) is 25.0 Å². The highest BCUT2D eigenvalue weighted by molar-refractivity contribution is 5.16. The standard InChI is InChI=1S/C18H33N5O/c1-17(2)12-18(24-13-17)7-5-14(6-8-18)16-15(20-22-21-16)11-23(4)10-9-19-3/h14,19H,5-13H2,1-4H3,(H,20,21,22)/t14-,18+. The Morgan fingerprint density at radius 3 is 2.71 bits per heavy atom. The van der Waals surface area contributed by atoms with Crippen LogP contribution in [0.4, 0.5) is 0 Å². The van der Waals surface area contributed by atoms with E-state index < -0.39 is 0 Å². The Hall–Kier alpha value is -0.980.